The van der Waals surface area contributed by atoms with Crippen molar-refractivity contribution in [1.29, 1.82) is 0 Å². The van der Waals surface area contributed by atoms with Crippen LogP contribution in [0.5, 0.6) is 0 Å². The van der Waals surface area contributed by atoms with Crippen molar-refractivity contribution in [2.45, 2.75) is 19.8 Å². The van der Waals surface area contributed by atoms with Gasteiger partial charge in [0.2, 0.25) is 11.8 Å². The number of carbonyl (C=O) groups excluding carboxylic acids is 2. The van der Waals surface area contributed by atoms with Gasteiger partial charge in [-0.1, -0.05) is 6.08 Å². The first-order valence-corrected chi connectivity index (χ1v) is 10.5. The van der Waals surface area contributed by atoms with Gasteiger partial charge in [-0.15, -0.1) is 6.58 Å². The number of nitrogens with one attached hydrogen (secondary N) is 2. The largest absolute Gasteiger partial charge is 0.372 e. The summed E-state index contributed by atoms with van der Waals surface area (Å²) in [7, 11) is 0. The molecule has 3 rings (SSSR count). The van der Waals surface area contributed by atoms with Crippen molar-refractivity contribution < 1.29 is 9.59 Å². The van der Waals surface area contributed by atoms with Crippen molar-refractivity contribution in [1.82, 2.24) is 15.1 Å². The van der Waals surface area contributed by atoms with E-state index >= 15 is 0 Å². The standard InChI is InChI=1S/C22H33N5O2/c1-3-8-23-21(28)16-25-11-13-26(14-12-25)17-22(29)24-20-7-6-19(15-18(20)2)27-9-4-5-10-27/h3,6-7,15H,1,4-5,8-14,16-17H2,2H3,(H,23,28)(H,24,29). The van der Waals surface area contributed by atoms with Gasteiger partial charge in [-0.25, -0.2) is 0 Å². The lowest BCUT2D eigenvalue weighted by atomic mass is 10.1. The first-order chi connectivity index (χ1) is 14.0. The molecular formula is C22H33N5O2. The fraction of sp³-hybridized carbons (Fsp3) is 0.545. The SMILES string of the molecule is C=CCNC(=O)CN1CCN(CC(=O)Nc2ccc(N3CCCC3)cc2C)CC1. The van der Waals surface area contributed by atoms with E-state index in [0.717, 1.165) is 50.5 Å². The van der Waals surface area contributed by atoms with E-state index in [1.54, 1.807) is 6.08 Å². The number of hydrogen-bond donors (Lipinski definition) is 2. The van der Waals surface area contributed by atoms with Crippen molar-refractivity contribution in [2.24, 2.45) is 0 Å². The lowest BCUT2D eigenvalue weighted by molar-refractivity contribution is -0.123. The molecular weight excluding hydrogens is 366 g/mol. The smallest absolute Gasteiger partial charge is 0.238 e. The molecule has 2 aliphatic heterocycles. The van der Waals surface area contributed by atoms with Gasteiger partial charge in [-0.05, 0) is 43.5 Å². The molecule has 7 heteroatoms. The molecule has 2 saturated heterocycles. The first-order valence-electron chi connectivity index (χ1n) is 10.5. The Bertz CT molecular complexity index is 722. The molecule has 158 valence electrons. The predicted octanol–water partition coefficient (Wildman–Crippen LogP) is 1.45. The molecule has 0 spiro atoms. The topological polar surface area (TPSA) is 67.9 Å². The summed E-state index contributed by atoms with van der Waals surface area (Å²) >= 11 is 0. The van der Waals surface area contributed by atoms with Crippen LogP contribution in [0.4, 0.5) is 11.4 Å². The number of rotatable bonds is 8. The average Bonchev–Trinajstić information content (AvgIpc) is 3.24. The molecule has 1 aromatic carbocycles. The maximum atomic E-state index is 12.5. The zero-order valence-corrected chi connectivity index (χ0v) is 17.5. The Labute approximate surface area is 173 Å². The van der Waals surface area contributed by atoms with Crippen LogP contribution >= 0.6 is 0 Å². The Hall–Kier alpha value is -2.38. The van der Waals surface area contributed by atoms with Gasteiger partial charge in [0, 0.05) is 57.2 Å². The molecule has 2 fully saturated rings. The highest BCUT2D eigenvalue weighted by molar-refractivity contribution is 5.93. The van der Waals surface area contributed by atoms with Crippen molar-refractivity contribution in [3.8, 4) is 0 Å². The third kappa shape index (κ3) is 6.30. The van der Waals surface area contributed by atoms with Gasteiger partial charge >= 0.3 is 0 Å². The summed E-state index contributed by atoms with van der Waals surface area (Å²) < 4.78 is 0. The van der Waals surface area contributed by atoms with E-state index in [-0.39, 0.29) is 11.8 Å². The third-order valence-electron chi connectivity index (χ3n) is 5.60. The van der Waals surface area contributed by atoms with Crippen LogP contribution in [0.2, 0.25) is 0 Å². The molecule has 2 heterocycles. The molecule has 0 aromatic heterocycles. The van der Waals surface area contributed by atoms with E-state index in [1.807, 2.05) is 13.0 Å². The van der Waals surface area contributed by atoms with Crippen LogP contribution in [-0.2, 0) is 9.59 Å². The van der Waals surface area contributed by atoms with E-state index in [9.17, 15) is 9.59 Å². The number of carbonyl (C=O) groups is 2. The number of benzene rings is 1. The van der Waals surface area contributed by atoms with E-state index in [4.69, 9.17) is 0 Å². The maximum absolute atomic E-state index is 12.5. The lowest BCUT2D eigenvalue weighted by Crippen LogP contribution is -2.51. The molecule has 7 nitrogen and oxygen atoms in total. The maximum Gasteiger partial charge on any atom is 0.238 e. The minimum atomic E-state index is 0.0131. The Kier molecular flexibility index (Phi) is 7.66. The van der Waals surface area contributed by atoms with E-state index in [2.05, 4.69) is 44.0 Å². The molecule has 0 atom stereocenters. The molecule has 2 amide bonds. The molecule has 29 heavy (non-hydrogen) atoms. The van der Waals surface area contributed by atoms with Crippen molar-refractivity contribution >= 4 is 23.2 Å². The van der Waals surface area contributed by atoms with Gasteiger partial charge in [-0.2, -0.15) is 0 Å². The van der Waals surface area contributed by atoms with Crippen LogP contribution in [-0.4, -0.2) is 80.5 Å². The summed E-state index contributed by atoms with van der Waals surface area (Å²) in [5, 5.41) is 5.85. The fourth-order valence-electron chi connectivity index (χ4n) is 3.90. The van der Waals surface area contributed by atoms with Crippen LogP contribution in [0.15, 0.2) is 30.9 Å². The monoisotopic (exact) mass is 399 g/mol. The van der Waals surface area contributed by atoms with Gasteiger partial charge in [0.1, 0.15) is 0 Å². The summed E-state index contributed by atoms with van der Waals surface area (Å²) in [6.45, 7) is 12.3. The van der Waals surface area contributed by atoms with E-state index in [1.165, 1.54) is 18.5 Å². The number of anilines is 2. The Morgan fingerprint density at radius 3 is 2.21 bits per heavy atom. The molecule has 1 aromatic rings. The Morgan fingerprint density at radius 1 is 1.00 bits per heavy atom. The normalized spacial score (nSPS) is 17.9. The minimum Gasteiger partial charge on any atom is -0.372 e. The summed E-state index contributed by atoms with van der Waals surface area (Å²) in [6, 6.07) is 6.28. The van der Waals surface area contributed by atoms with Crippen LogP contribution in [0, 0.1) is 6.92 Å². The summed E-state index contributed by atoms with van der Waals surface area (Å²) in [5.41, 5.74) is 3.22. The second-order valence-electron chi connectivity index (χ2n) is 7.89. The zero-order valence-electron chi connectivity index (χ0n) is 17.5. The molecule has 0 bridgehead atoms. The highest BCUT2D eigenvalue weighted by Gasteiger charge is 2.21. The molecule has 0 radical (unpaired) electrons. The number of nitrogens with zero attached hydrogens (tertiary/aromatic N) is 3. The van der Waals surface area contributed by atoms with Crippen LogP contribution in [0.1, 0.15) is 18.4 Å². The van der Waals surface area contributed by atoms with Crippen molar-refractivity contribution in [3.05, 3.63) is 36.4 Å². The van der Waals surface area contributed by atoms with Gasteiger partial charge < -0.3 is 15.5 Å². The summed E-state index contributed by atoms with van der Waals surface area (Å²) in [4.78, 5) is 31.0. The van der Waals surface area contributed by atoms with Gasteiger partial charge in [0.25, 0.3) is 0 Å². The highest BCUT2D eigenvalue weighted by Crippen LogP contribution is 2.25. The summed E-state index contributed by atoms with van der Waals surface area (Å²) in [5.74, 6) is 0.0307. The Balaban J connectivity index is 1.42. The fourth-order valence-corrected chi connectivity index (χ4v) is 3.90. The average molecular weight is 400 g/mol. The van der Waals surface area contributed by atoms with Crippen LogP contribution in [0.3, 0.4) is 0 Å². The van der Waals surface area contributed by atoms with Gasteiger partial charge in [0.05, 0.1) is 13.1 Å². The molecule has 0 saturated carbocycles. The molecule has 0 unspecified atom stereocenters. The van der Waals surface area contributed by atoms with Crippen molar-refractivity contribution in [3.63, 3.8) is 0 Å². The first kappa shape index (κ1) is 21.3. The van der Waals surface area contributed by atoms with Gasteiger partial charge in [-0.3, -0.25) is 19.4 Å². The number of amides is 2. The molecule has 2 N–H and O–H groups in total. The zero-order chi connectivity index (χ0) is 20.6. The second-order valence-corrected chi connectivity index (χ2v) is 7.89. The second kappa shape index (κ2) is 10.4. The molecule has 0 aliphatic carbocycles. The van der Waals surface area contributed by atoms with Crippen molar-refractivity contribution in [2.75, 3.05) is 69.1 Å². The minimum absolute atomic E-state index is 0.0131. The Morgan fingerprint density at radius 2 is 1.62 bits per heavy atom. The third-order valence-corrected chi connectivity index (χ3v) is 5.60. The quantitative estimate of drug-likeness (QED) is 0.648. The van der Waals surface area contributed by atoms with E-state index < -0.39 is 0 Å². The number of aryl methyl sites for hydroxylation is 1. The number of hydrogen-bond acceptors (Lipinski definition) is 5. The number of piperazine rings is 1. The molecule has 2 aliphatic rings. The highest BCUT2D eigenvalue weighted by atomic mass is 16.2. The van der Waals surface area contributed by atoms with Crippen LogP contribution < -0.4 is 15.5 Å². The predicted molar refractivity (Wildman–Crippen MR) is 117 cm³/mol. The lowest BCUT2D eigenvalue weighted by Gasteiger charge is -2.33. The van der Waals surface area contributed by atoms with Gasteiger partial charge in [0.15, 0.2) is 0 Å². The van der Waals surface area contributed by atoms with Crippen LogP contribution in [0.25, 0.3) is 0 Å². The summed E-state index contributed by atoms with van der Waals surface area (Å²) in [6.07, 6.45) is 4.19. The van der Waals surface area contributed by atoms with E-state index in [0.29, 0.717) is 19.6 Å².